The molecule has 2 amide bonds. The minimum Gasteiger partial charge on any atom is -0.482 e. The second kappa shape index (κ2) is 4.44. The van der Waals surface area contributed by atoms with E-state index in [4.69, 9.17) is 16.2 Å². The molecule has 96 valence electrons. The summed E-state index contributed by atoms with van der Waals surface area (Å²) in [6, 6.07) is 2.64. The van der Waals surface area contributed by atoms with E-state index < -0.39 is 11.9 Å². The van der Waals surface area contributed by atoms with Crippen LogP contribution < -0.4 is 26.8 Å². The van der Waals surface area contributed by atoms with Gasteiger partial charge in [0.2, 0.25) is 5.91 Å². The van der Waals surface area contributed by atoms with Crippen LogP contribution in [0, 0.1) is 0 Å². The van der Waals surface area contributed by atoms with Gasteiger partial charge in [0.1, 0.15) is 11.8 Å². The van der Waals surface area contributed by atoms with Gasteiger partial charge in [0.25, 0.3) is 5.91 Å². The highest BCUT2D eigenvalue weighted by Crippen LogP contribution is 2.35. The molecule has 18 heavy (non-hydrogen) atoms. The smallest absolute Gasteiger partial charge is 0.262 e. The van der Waals surface area contributed by atoms with Crippen LogP contribution in [0.2, 0.25) is 0 Å². The zero-order valence-corrected chi connectivity index (χ0v) is 9.82. The number of nitrogens with two attached hydrogens (primary N) is 2. The molecule has 7 nitrogen and oxygen atoms in total. The van der Waals surface area contributed by atoms with Crippen molar-refractivity contribution in [1.29, 1.82) is 0 Å². The maximum absolute atomic E-state index is 11.2. The lowest BCUT2D eigenvalue weighted by Gasteiger charge is -2.21. The number of benzene rings is 1. The summed E-state index contributed by atoms with van der Waals surface area (Å²) in [7, 11) is 0. The van der Waals surface area contributed by atoms with Crippen LogP contribution in [0.1, 0.15) is 6.92 Å². The van der Waals surface area contributed by atoms with E-state index in [1.54, 1.807) is 19.1 Å². The molecule has 0 radical (unpaired) electrons. The molecule has 1 atom stereocenters. The van der Waals surface area contributed by atoms with Gasteiger partial charge < -0.3 is 26.8 Å². The fraction of sp³-hybridized carbons (Fsp3) is 0.273. The largest absolute Gasteiger partial charge is 0.482 e. The Bertz CT molecular complexity index is 515. The summed E-state index contributed by atoms with van der Waals surface area (Å²) in [5.41, 5.74) is 12.4. The number of carbonyl (C=O) groups is 2. The molecule has 1 aromatic carbocycles. The van der Waals surface area contributed by atoms with E-state index >= 15 is 0 Å². The van der Waals surface area contributed by atoms with Crippen molar-refractivity contribution >= 4 is 28.9 Å². The highest BCUT2D eigenvalue weighted by atomic mass is 16.5. The van der Waals surface area contributed by atoms with Crippen LogP contribution in [0.15, 0.2) is 12.1 Å². The van der Waals surface area contributed by atoms with Crippen LogP contribution in [-0.2, 0) is 9.59 Å². The highest BCUT2D eigenvalue weighted by Gasteiger charge is 2.19. The zero-order valence-electron chi connectivity index (χ0n) is 9.82. The normalized spacial score (nSPS) is 15.1. The molecule has 0 saturated carbocycles. The standard InChI is InChI=1S/C11H14N4O3/c1-5(11(13)17)14-7-3-8-9(2-6(7)12)18-4-10(16)15-8/h2-3,5,14H,4,12H2,1H3,(H2,13,17)(H,15,16). The first-order valence-electron chi connectivity index (χ1n) is 5.39. The van der Waals surface area contributed by atoms with Gasteiger partial charge in [0.15, 0.2) is 6.61 Å². The van der Waals surface area contributed by atoms with Crippen LogP contribution in [0.25, 0.3) is 0 Å². The first-order chi connectivity index (χ1) is 8.47. The molecule has 0 aliphatic carbocycles. The lowest BCUT2D eigenvalue weighted by molar-refractivity contribution is -0.119. The molecule has 1 unspecified atom stereocenters. The van der Waals surface area contributed by atoms with Gasteiger partial charge in [-0.25, -0.2) is 0 Å². The van der Waals surface area contributed by atoms with Crippen molar-refractivity contribution < 1.29 is 14.3 Å². The molecular weight excluding hydrogens is 236 g/mol. The Morgan fingerprint density at radius 2 is 2.28 bits per heavy atom. The number of primary amides is 1. The van der Waals surface area contributed by atoms with E-state index in [1.165, 1.54) is 0 Å². The van der Waals surface area contributed by atoms with Crippen molar-refractivity contribution in [2.24, 2.45) is 5.73 Å². The minimum absolute atomic E-state index is 0.0308. The molecule has 0 aromatic heterocycles. The van der Waals surface area contributed by atoms with Gasteiger partial charge >= 0.3 is 0 Å². The third-order valence-corrected chi connectivity index (χ3v) is 2.58. The summed E-state index contributed by atoms with van der Waals surface area (Å²) in [4.78, 5) is 22.2. The van der Waals surface area contributed by atoms with Crippen LogP contribution in [-0.4, -0.2) is 24.5 Å². The molecule has 1 aromatic rings. The molecule has 0 spiro atoms. The van der Waals surface area contributed by atoms with Gasteiger partial charge in [-0.05, 0) is 13.0 Å². The monoisotopic (exact) mass is 250 g/mol. The minimum atomic E-state index is -0.564. The lowest BCUT2D eigenvalue weighted by atomic mass is 10.2. The lowest BCUT2D eigenvalue weighted by Crippen LogP contribution is -2.33. The molecule has 2 rings (SSSR count). The van der Waals surface area contributed by atoms with Gasteiger partial charge in [-0.3, -0.25) is 9.59 Å². The van der Waals surface area contributed by atoms with Crippen molar-refractivity contribution in [2.45, 2.75) is 13.0 Å². The van der Waals surface area contributed by atoms with Gasteiger partial charge in [-0.15, -0.1) is 0 Å². The SMILES string of the molecule is CC(Nc1cc2c(cc1N)OCC(=O)N2)C(N)=O. The molecule has 0 fully saturated rings. The predicted molar refractivity (Wildman–Crippen MR) is 67.3 cm³/mol. The summed E-state index contributed by atoms with van der Waals surface area (Å²) < 4.78 is 5.21. The summed E-state index contributed by atoms with van der Waals surface area (Å²) in [6.45, 7) is 1.59. The van der Waals surface area contributed by atoms with E-state index in [0.717, 1.165) is 0 Å². The van der Waals surface area contributed by atoms with Crippen LogP contribution in [0.4, 0.5) is 17.1 Å². The number of amides is 2. The van der Waals surface area contributed by atoms with Gasteiger partial charge in [-0.1, -0.05) is 0 Å². The number of anilines is 3. The first kappa shape index (κ1) is 12.0. The number of nitrogens with one attached hydrogen (secondary N) is 2. The fourth-order valence-electron chi connectivity index (χ4n) is 1.57. The van der Waals surface area contributed by atoms with Crippen LogP contribution >= 0.6 is 0 Å². The highest BCUT2D eigenvalue weighted by molar-refractivity contribution is 5.97. The summed E-state index contributed by atoms with van der Waals surface area (Å²) in [5, 5.41) is 5.52. The maximum Gasteiger partial charge on any atom is 0.262 e. The number of carbonyl (C=O) groups excluding carboxylic acids is 2. The number of nitrogen functional groups attached to an aromatic ring is 1. The van der Waals surface area contributed by atoms with Crippen molar-refractivity contribution in [2.75, 3.05) is 23.0 Å². The quantitative estimate of drug-likeness (QED) is 0.558. The number of fused-ring (bicyclic) bond motifs is 1. The van der Waals surface area contributed by atoms with Crippen LogP contribution in [0.5, 0.6) is 5.75 Å². The second-order valence-electron chi connectivity index (χ2n) is 4.04. The average molecular weight is 250 g/mol. The Labute approximate surface area is 103 Å². The molecule has 1 heterocycles. The van der Waals surface area contributed by atoms with E-state index in [-0.39, 0.29) is 12.5 Å². The summed E-state index contributed by atoms with van der Waals surface area (Å²) in [6.07, 6.45) is 0. The van der Waals surface area contributed by atoms with Gasteiger partial charge in [0, 0.05) is 6.07 Å². The maximum atomic E-state index is 11.2. The van der Waals surface area contributed by atoms with E-state index in [2.05, 4.69) is 10.6 Å². The van der Waals surface area contributed by atoms with Crippen molar-refractivity contribution in [1.82, 2.24) is 0 Å². The molecule has 0 bridgehead atoms. The van der Waals surface area contributed by atoms with Crippen molar-refractivity contribution in [3.8, 4) is 5.75 Å². The van der Waals surface area contributed by atoms with E-state index in [1.807, 2.05) is 0 Å². The molecule has 7 heteroatoms. The molecule has 0 saturated heterocycles. The van der Waals surface area contributed by atoms with Gasteiger partial charge in [-0.2, -0.15) is 0 Å². The Morgan fingerprint density at radius 3 is 2.94 bits per heavy atom. The predicted octanol–water partition coefficient (Wildman–Crippen LogP) is -0.115. The van der Waals surface area contributed by atoms with Crippen LogP contribution in [0.3, 0.4) is 0 Å². The Kier molecular flexibility index (Phi) is 2.97. The van der Waals surface area contributed by atoms with Crippen molar-refractivity contribution in [3.05, 3.63) is 12.1 Å². The third-order valence-electron chi connectivity index (χ3n) is 2.58. The number of hydrogen-bond donors (Lipinski definition) is 4. The number of rotatable bonds is 3. The number of hydrogen-bond acceptors (Lipinski definition) is 5. The topological polar surface area (TPSA) is 119 Å². The Morgan fingerprint density at radius 1 is 1.56 bits per heavy atom. The Balaban J connectivity index is 2.29. The van der Waals surface area contributed by atoms with E-state index in [0.29, 0.717) is 22.8 Å². The van der Waals surface area contributed by atoms with Crippen molar-refractivity contribution in [3.63, 3.8) is 0 Å². The van der Waals surface area contributed by atoms with E-state index in [9.17, 15) is 9.59 Å². The third kappa shape index (κ3) is 2.29. The molecule has 6 N–H and O–H groups in total. The fourth-order valence-corrected chi connectivity index (χ4v) is 1.57. The second-order valence-corrected chi connectivity index (χ2v) is 4.04. The summed E-state index contributed by atoms with van der Waals surface area (Å²) in [5.74, 6) is -0.224. The Hall–Kier alpha value is -2.44. The average Bonchev–Trinajstić information content (AvgIpc) is 2.30. The molecule has 1 aliphatic rings. The zero-order chi connectivity index (χ0) is 13.3. The number of ether oxygens (including phenoxy) is 1. The molecular formula is C11H14N4O3. The summed E-state index contributed by atoms with van der Waals surface area (Å²) >= 11 is 0. The first-order valence-corrected chi connectivity index (χ1v) is 5.39. The molecule has 1 aliphatic heterocycles. The van der Waals surface area contributed by atoms with Gasteiger partial charge in [0.05, 0.1) is 17.1 Å².